The van der Waals surface area contributed by atoms with Crippen LogP contribution in [-0.4, -0.2) is 42.5 Å². The van der Waals surface area contributed by atoms with E-state index < -0.39 is 0 Å². The first-order valence-electron chi connectivity index (χ1n) is 6.04. The summed E-state index contributed by atoms with van der Waals surface area (Å²) in [5.41, 5.74) is 0.827. The average Bonchev–Trinajstić information content (AvgIpc) is 2.31. The Hall–Kier alpha value is -1.26. The van der Waals surface area contributed by atoms with Crippen LogP contribution in [0.25, 0.3) is 0 Å². The second-order valence-corrected chi connectivity index (χ2v) is 4.56. The van der Waals surface area contributed by atoms with Gasteiger partial charge in [0, 0.05) is 0 Å². The van der Waals surface area contributed by atoms with Gasteiger partial charge in [-0.25, -0.2) is 0 Å². The summed E-state index contributed by atoms with van der Waals surface area (Å²) in [6.07, 6.45) is 0.681. The van der Waals surface area contributed by atoms with E-state index in [0.29, 0.717) is 39.1 Å². The molecule has 1 aliphatic rings. The van der Waals surface area contributed by atoms with Crippen molar-refractivity contribution in [3.63, 3.8) is 0 Å². The zero-order valence-electron chi connectivity index (χ0n) is 10.0. The van der Waals surface area contributed by atoms with E-state index in [2.05, 4.69) is 11.8 Å². The summed E-state index contributed by atoms with van der Waals surface area (Å²) in [5, 5.41) is 22.0. The molecule has 0 amide bonds. The Labute approximate surface area is 102 Å². The largest absolute Gasteiger partial charge is 0.633 e. The van der Waals surface area contributed by atoms with Gasteiger partial charge in [-0.3, -0.25) is 0 Å². The van der Waals surface area contributed by atoms with Crippen LogP contribution in [0.3, 0.4) is 0 Å². The molecule has 1 radical (unpaired) electrons. The Balaban J connectivity index is 2.02. The molecule has 1 N–H and O–H groups in total. The highest BCUT2D eigenvalue weighted by Gasteiger charge is 2.25. The number of hydrogen-bond acceptors (Lipinski definition) is 3. The number of phenolic OH excluding ortho intramolecular Hbond substituents is 1. The van der Waals surface area contributed by atoms with Crippen LogP contribution in [0.1, 0.15) is 6.42 Å². The first kappa shape index (κ1) is 12.2. The minimum atomic E-state index is -0.145. The molecule has 1 saturated heterocycles. The molecule has 1 aromatic rings. The summed E-state index contributed by atoms with van der Waals surface area (Å²) in [4.78, 5) is 2.08. The number of para-hydroxylation sites is 2. The molecule has 1 aliphatic heterocycles. The highest BCUT2D eigenvalue weighted by molar-refractivity contribution is 5.57. The molecule has 0 aromatic heterocycles. The van der Waals surface area contributed by atoms with Gasteiger partial charge in [0.05, 0.1) is 38.4 Å². The number of hydroxylamine groups is 3. The highest BCUT2D eigenvalue weighted by Crippen LogP contribution is 2.28. The fraction of sp³-hybridized carbons (Fsp3) is 0.462. The number of piperazine rings is 1. The average molecular weight is 235 g/mol. The van der Waals surface area contributed by atoms with Crippen LogP contribution in [0.15, 0.2) is 24.3 Å². The highest BCUT2D eigenvalue weighted by atomic mass is 16.5. The monoisotopic (exact) mass is 235 g/mol. The van der Waals surface area contributed by atoms with Crippen molar-refractivity contribution in [2.45, 2.75) is 6.42 Å². The van der Waals surface area contributed by atoms with Gasteiger partial charge in [0.2, 0.25) is 0 Å². The van der Waals surface area contributed by atoms with E-state index in [9.17, 15) is 10.3 Å². The number of aromatic hydroxyl groups is 1. The van der Waals surface area contributed by atoms with Gasteiger partial charge in [-0.05, 0) is 25.5 Å². The van der Waals surface area contributed by atoms with E-state index in [4.69, 9.17) is 0 Å². The predicted octanol–water partition coefficient (Wildman–Crippen LogP) is 1.75. The number of benzene rings is 1. The molecule has 0 saturated carbocycles. The predicted molar refractivity (Wildman–Crippen MR) is 68.5 cm³/mol. The molecule has 17 heavy (non-hydrogen) atoms. The van der Waals surface area contributed by atoms with Crippen LogP contribution in [0.2, 0.25) is 0 Å². The van der Waals surface area contributed by atoms with Gasteiger partial charge in [-0.15, -0.1) is 0 Å². The van der Waals surface area contributed by atoms with Crippen LogP contribution >= 0.6 is 0 Å². The van der Waals surface area contributed by atoms with Crippen molar-refractivity contribution in [2.24, 2.45) is 0 Å². The Morgan fingerprint density at radius 1 is 1.29 bits per heavy atom. The minimum Gasteiger partial charge on any atom is -0.633 e. The Bertz CT molecular complexity index is 373. The summed E-state index contributed by atoms with van der Waals surface area (Å²) in [6.45, 7) is 6.88. The standard InChI is InChI=1S/C13H19N2O2/c1-2-9-15(17)10-7-14(8-11-15)12-5-3-4-6-13(12)16/h3-6,16H,1-2,7-11H2. The Kier molecular flexibility index (Phi) is 3.54. The molecule has 93 valence electrons. The van der Waals surface area contributed by atoms with E-state index in [-0.39, 0.29) is 10.4 Å². The first-order chi connectivity index (χ1) is 8.14. The third kappa shape index (κ3) is 2.70. The van der Waals surface area contributed by atoms with E-state index in [1.165, 1.54) is 0 Å². The lowest BCUT2D eigenvalue weighted by Gasteiger charge is -2.48. The van der Waals surface area contributed by atoms with Crippen molar-refractivity contribution in [3.8, 4) is 5.75 Å². The Morgan fingerprint density at radius 2 is 1.94 bits per heavy atom. The van der Waals surface area contributed by atoms with Crippen molar-refractivity contribution in [1.82, 2.24) is 0 Å². The summed E-state index contributed by atoms with van der Waals surface area (Å²) < 4.78 is -0.145. The fourth-order valence-corrected chi connectivity index (χ4v) is 2.31. The smallest absolute Gasteiger partial charge is 0.138 e. The van der Waals surface area contributed by atoms with Crippen molar-refractivity contribution < 1.29 is 9.75 Å². The molecule has 4 nitrogen and oxygen atoms in total. The second-order valence-electron chi connectivity index (χ2n) is 4.56. The molecule has 1 aromatic carbocycles. The van der Waals surface area contributed by atoms with Gasteiger partial charge in [0.15, 0.2) is 0 Å². The lowest BCUT2D eigenvalue weighted by molar-refractivity contribution is -0.880. The van der Waals surface area contributed by atoms with Gasteiger partial charge in [0.25, 0.3) is 0 Å². The first-order valence-corrected chi connectivity index (χ1v) is 6.04. The van der Waals surface area contributed by atoms with Crippen LogP contribution in [0.4, 0.5) is 5.69 Å². The lowest BCUT2D eigenvalue weighted by Crippen LogP contribution is -2.56. The topological polar surface area (TPSA) is 46.5 Å². The SMILES string of the molecule is [CH2]CC[N+]1([O-])CCN(c2ccccc2O)CC1. The molecule has 0 bridgehead atoms. The molecular weight excluding hydrogens is 216 g/mol. The normalized spacial score (nSPS) is 19.3. The molecule has 0 aliphatic carbocycles. The molecule has 0 unspecified atom stereocenters. The lowest BCUT2D eigenvalue weighted by atomic mass is 10.2. The Morgan fingerprint density at radius 3 is 2.53 bits per heavy atom. The zero-order valence-corrected chi connectivity index (χ0v) is 10.0. The number of anilines is 1. The third-order valence-corrected chi connectivity index (χ3v) is 3.34. The van der Waals surface area contributed by atoms with Gasteiger partial charge < -0.3 is 19.9 Å². The van der Waals surface area contributed by atoms with Crippen LogP contribution < -0.4 is 4.90 Å². The molecule has 0 spiro atoms. The maximum absolute atomic E-state index is 12.2. The van der Waals surface area contributed by atoms with E-state index in [0.717, 1.165) is 5.69 Å². The van der Waals surface area contributed by atoms with E-state index in [1.54, 1.807) is 12.1 Å². The third-order valence-electron chi connectivity index (χ3n) is 3.34. The number of rotatable bonds is 3. The molecule has 4 heteroatoms. The molecule has 1 heterocycles. The van der Waals surface area contributed by atoms with Crippen molar-refractivity contribution in [3.05, 3.63) is 36.4 Å². The van der Waals surface area contributed by atoms with Gasteiger partial charge in [-0.2, -0.15) is 0 Å². The molecule has 2 rings (SSSR count). The summed E-state index contributed by atoms with van der Waals surface area (Å²) in [7, 11) is 0. The van der Waals surface area contributed by atoms with Crippen LogP contribution in [0.5, 0.6) is 5.75 Å². The quantitative estimate of drug-likeness (QED) is 0.641. The summed E-state index contributed by atoms with van der Waals surface area (Å²) >= 11 is 0. The van der Waals surface area contributed by atoms with Gasteiger partial charge in [-0.1, -0.05) is 12.1 Å². The van der Waals surface area contributed by atoms with Crippen molar-refractivity contribution >= 4 is 5.69 Å². The minimum absolute atomic E-state index is 0.145. The van der Waals surface area contributed by atoms with Gasteiger partial charge >= 0.3 is 0 Å². The molecule has 1 fully saturated rings. The van der Waals surface area contributed by atoms with Crippen LogP contribution in [-0.2, 0) is 0 Å². The summed E-state index contributed by atoms with van der Waals surface area (Å²) in [6, 6.07) is 7.28. The number of quaternary nitrogens is 1. The zero-order chi connectivity index (χ0) is 12.3. The number of hydrogen-bond donors (Lipinski definition) is 1. The van der Waals surface area contributed by atoms with Crippen molar-refractivity contribution in [2.75, 3.05) is 37.6 Å². The van der Waals surface area contributed by atoms with Crippen LogP contribution in [0, 0.1) is 12.1 Å². The van der Waals surface area contributed by atoms with E-state index in [1.807, 2.05) is 12.1 Å². The number of phenols is 1. The summed E-state index contributed by atoms with van der Waals surface area (Å²) in [5.74, 6) is 0.288. The van der Waals surface area contributed by atoms with E-state index >= 15 is 0 Å². The maximum Gasteiger partial charge on any atom is 0.138 e. The number of nitrogens with zero attached hydrogens (tertiary/aromatic N) is 2. The molecular formula is C13H19N2O2. The van der Waals surface area contributed by atoms with Crippen molar-refractivity contribution in [1.29, 1.82) is 0 Å². The molecule has 0 atom stereocenters. The maximum atomic E-state index is 12.2. The fourth-order valence-electron chi connectivity index (χ4n) is 2.31. The second kappa shape index (κ2) is 4.94. The van der Waals surface area contributed by atoms with Gasteiger partial charge in [0.1, 0.15) is 5.75 Å².